The van der Waals surface area contributed by atoms with E-state index in [9.17, 15) is 9.18 Å². The van der Waals surface area contributed by atoms with Gasteiger partial charge in [-0.3, -0.25) is 0 Å². The number of esters is 1. The molecule has 0 bridgehead atoms. The Morgan fingerprint density at radius 3 is 3.00 bits per heavy atom. The zero-order valence-electron chi connectivity index (χ0n) is 8.08. The van der Waals surface area contributed by atoms with Crippen LogP contribution in [0.3, 0.4) is 0 Å². The van der Waals surface area contributed by atoms with Gasteiger partial charge in [-0.05, 0) is 30.2 Å². The Balaban J connectivity index is 2.57. The molecule has 0 amide bonds. The first-order valence-corrected chi connectivity index (χ1v) is 4.52. The predicted molar refractivity (Wildman–Crippen MR) is 49.7 cm³/mol. The van der Waals surface area contributed by atoms with Gasteiger partial charge < -0.3 is 4.74 Å². The molecule has 4 heteroatoms. The number of cyclic esters (lactones) is 1. The summed E-state index contributed by atoms with van der Waals surface area (Å²) in [5.74, 6) is -0.911. The number of nitrogens with zero attached hydrogens (tertiary/aromatic N) is 1. The fourth-order valence-corrected chi connectivity index (χ4v) is 1.67. The van der Waals surface area contributed by atoms with E-state index in [-0.39, 0.29) is 12.2 Å². The van der Waals surface area contributed by atoms with E-state index in [2.05, 4.69) is 0 Å². The molecule has 1 aliphatic heterocycles. The molecule has 0 aromatic heterocycles. The number of nitriles is 1. The van der Waals surface area contributed by atoms with E-state index in [1.54, 1.807) is 6.92 Å². The van der Waals surface area contributed by atoms with Crippen LogP contribution in [0.25, 0.3) is 0 Å². The van der Waals surface area contributed by atoms with Crippen LogP contribution in [0.1, 0.15) is 21.5 Å². The first-order chi connectivity index (χ1) is 7.13. The van der Waals surface area contributed by atoms with Crippen LogP contribution in [0.5, 0.6) is 0 Å². The normalized spacial score (nSPS) is 19.0. The van der Waals surface area contributed by atoms with Gasteiger partial charge in [0.1, 0.15) is 11.9 Å². The van der Waals surface area contributed by atoms with Gasteiger partial charge in [0.25, 0.3) is 0 Å². The second kappa shape index (κ2) is 3.35. The molecule has 1 aliphatic rings. The second-order valence-electron chi connectivity index (χ2n) is 3.43. The number of hydrogen-bond donors (Lipinski definition) is 0. The monoisotopic (exact) mass is 205 g/mol. The van der Waals surface area contributed by atoms with Gasteiger partial charge in [0.15, 0.2) is 6.10 Å². The van der Waals surface area contributed by atoms with Crippen molar-refractivity contribution in [3.05, 3.63) is 34.6 Å². The lowest BCUT2D eigenvalue weighted by Gasteiger charge is -2.21. The summed E-state index contributed by atoms with van der Waals surface area (Å²) in [6.07, 6.45) is -0.535. The average Bonchev–Trinajstić information content (AvgIpc) is 2.23. The Kier molecular flexibility index (Phi) is 2.16. The molecule has 1 heterocycles. The molecule has 0 N–H and O–H groups in total. The summed E-state index contributed by atoms with van der Waals surface area (Å²) in [7, 11) is 0. The Bertz CT molecular complexity index is 476. The molecule has 76 valence electrons. The third-order valence-electron chi connectivity index (χ3n) is 2.54. The maximum atomic E-state index is 13.2. The van der Waals surface area contributed by atoms with E-state index < -0.39 is 12.1 Å². The molecule has 0 fully saturated rings. The van der Waals surface area contributed by atoms with Crippen molar-refractivity contribution in [2.45, 2.75) is 19.4 Å². The number of halogens is 1. The molecule has 0 aliphatic carbocycles. The molecule has 2 rings (SSSR count). The molecule has 3 nitrogen and oxygen atoms in total. The van der Waals surface area contributed by atoms with Crippen molar-refractivity contribution in [2.24, 2.45) is 0 Å². The van der Waals surface area contributed by atoms with Crippen molar-refractivity contribution >= 4 is 5.97 Å². The largest absolute Gasteiger partial charge is 0.443 e. The van der Waals surface area contributed by atoms with Crippen molar-refractivity contribution in [1.29, 1.82) is 5.26 Å². The smallest absolute Gasteiger partial charge is 0.339 e. The summed E-state index contributed by atoms with van der Waals surface area (Å²) in [6.45, 7) is 1.60. The molecule has 0 saturated carbocycles. The fraction of sp³-hybridized carbons (Fsp3) is 0.273. The molecular weight excluding hydrogens is 197 g/mol. The Morgan fingerprint density at radius 1 is 1.60 bits per heavy atom. The molecule has 1 aromatic rings. The highest BCUT2D eigenvalue weighted by molar-refractivity contribution is 5.92. The van der Waals surface area contributed by atoms with Crippen LogP contribution in [0.15, 0.2) is 12.1 Å². The van der Waals surface area contributed by atoms with Crippen molar-refractivity contribution < 1.29 is 13.9 Å². The Labute approximate surface area is 86.1 Å². The van der Waals surface area contributed by atoms with Crippen molar-refractivity contribution in [1.82, 2.24) is 0 Å². The number of hydrogen-bond acceptors (Lipinski definition) is 3. The van der Waals surface area contributed by atoms with Gasteiger partial charge in [-0.2, -0.15) is 5.26 Å². The minimum atomic E-state index is -0.800. The van der Waals surface area contributed by atoms with E-state index in [1.165, 1.54) is 12.1 Å². The van der Waals surface area contributed by atoms with Crippen LogP contribution in [0.4, 0.5) is 4.39 Å². The second-order valence-corrected chi connectivity index (χ2v) is 3.43. The van der Waals surface area contributed by atoms with Crippen LogP contribution in [-0.4, -0.2) is 12.1 Å². The lowest BCUT2D eigenvalue weighted by Crippen LogP contribution is -2.27. The summed E-state index contributed by atoms with van der Waals surface area (Å²) >= 11 is 0. The first-order valence-electron chi connectivity index (χ1n) is 4.52. The standard InChI is InChI=1S/C11H8FNO2/c1-6-9-4-7(5-13)15-11(14)8(9)2-3-10(6)12/h2-3,7H,4H2,1H3. The summed E-state index contributed by atoms with van der Waals surface area (Å²) in [5, 5.41) is 8.67. The van der Waals surface area contributed by atoms with Gasteiger partial charge in [0.2, 0.25) is 0 Å². The van der Waals surface area contributed by atoms with Crippen molar-refractivity contribution in [3.63, 3.8) is 0 Å². The van der Waals surface area contributed by atoms with E-state index in [4.69, 9.17) is 10.00 Å². The summed E-state index contributed by atoms with van der Waals surface area (Å²) in [4.78, 5) is 11.4. The maximum Gasteiger partial charge on any atom is 0.339 e. The number of carbonyl (C=O) groups is 1. The predicted octanol–water partition coefficient (Wildman–Crippen LogP) is 1.74. The molecule has 0 radical (unpaired) electrons. The van der Waals surface area contributed by atoms with Crippen molar-refractivity contribution in [3.8, 4) is 6.07 Å². The van der Waals surface area contributed by atoms with E-state index >= 15 is 0 Å². The summed E-state index contributed by atoms with van der Waals surface area (Å²) in [6, 6.07) is 4.49. The Hall–Kier alpha value is -1.89. The fourth-order valence-electron chi connectivity index (χ4n) is 1.67. The van der Waals surface area contributed by atoms with Gasteiger partial charge in [0.05, 0.1) is 5.56 Å². The molecule has 1 atom stereocenters. The van der Waals surface area contributed by atoms with E-state index in [1.807, 2.05) is 6.07 Å². The molecular formula is C11H8FNO2. The van der Waals surface area contributed by atoms with Crippen LogP contribution in [0, 0.1) is 24.1 Å². The summed E-state index contributed by atoms with van der Waals surface area (Å²) in [5.41, 5.74) is 1.36. The van der Waals surface area contributed by atoms with Crippen LogP contribution in [0.2, 0.25) is 0 Å². The SMILES string of the molecule is Cc1c(F)ccc2c1CC(C#N)OC2=O. The quantitative estimate of drug-likeness (QED) is 0.606. The van der Waals surface area contributed by atoms with Gasteiger partial charge in [-0.15, -0.1) is 0 Å². The van der Waals surface area contributed by atoms with Gasteiger partial charge in [-0.1, -0.05) is 0 Å². The minimum absolute atomic E-state index is 0.265. The van der Waals surface area contributed by atoms with Crippen LogP contribution >= 0.6 is 0 Å². The maximum absolute atomic E-state index is 13.2. The molecule has 1 aromatic carbocycles. The number of carbonyl (C=O) groups excluding carboxylic acids is 1. The molecule has 15 heavy (non-hydrogen) atoms. The molecule has 0 spiro atoms. The lowest BCUT2D eigenvalue weighted by molar-refractivity contribution is 0.0370. The molecule has 1 unspecified atom stereocenters. The number of ether oxygens (including phenoxy) is 1. The minimum Gasteiger partial charge on any atom is -0.443 e. The van der Waals surface area contributed by atoms with Crippen LogP contribution < -0.4 is 0 Å². The Morgan fingerprint density at radius 2 is 2.33 bits per heavy atom. The number of fused-ring (bicyclic) bond motifs is 1. The molecule has 0 saturated heterocycles. The number of rotatable bonds is 0. The number of benzene rings is 1. The van der Waals surface area contributed by atoms with Gasteiger partial charge in [-0.25, -0.2) is 9.18 Å². The zero-order chi connectivity index (χ0) is 11.0. The highest BCUT2D eigenvalue weighted by Crippen LogP contribution is 2.25. The van der Waals surface area contributed by atoms with E-state index in [0.29, 0.717) is 16.7 Å². The van der Waals surface area contributed by atoms with Crippen molar-refractivity contribution in [2.75, 3.05) is 0 Å². The third kappa shape index (κ3) is 1.46. The first kappa shape index (κ1) is 9.66. The van der Waals surface area contributed by atoms with Crippen LogP contribution in [-0.2, 0) is 11.2 Å². The highest BCUT2D eigenvalue weighted by Gasteiger charge is 2.28. The average molecular weight is 205 g/mol. The highest BCUT2D eigenvalue weighted by atomic mass is 19.1. The lowest BCUT2D eigenvalue weighted by atomic mass is 9.94. The zero-order valence-corrected chi connectivity index (χ0v) is 8.08. The topological polar surface area (TPSA) is 50.1 Å². The van der Waals surface area contributed by atoms with E-state index in [0.717, 1.165) is 0 Å². The summed E-state index contributed by atoms with van der Waals surface area (Å²) < 4.78 is 18.1. The van der Waals surface area contributed by atoms with Gasteiger partial charge in [0, 0.05) is 6.42 Å². The van der Waals surface area contributed by atoms with Gasteiger partial charge >= 0.3 is 5.97 Å². The third-order valence-corrected chi connectivity index (χ3v) is 2.54.